The molecule has 1 unspecified atom stereocenters. The molecule has 3 nitrogen and oxygen atoms in total. The van der Waals surface area contributed by atoms with Crippen LogP contribution in [0, 0.1) is 11.3 Å². The van der Waals surface area contributed by atoms with Gasteiger partial charge in [0.25, 0.3) is 0 Å². The van der Waals surface area contributed by atoms with Gasteiger partial charge in [-0.1, -0.05) is 29.8 Å². The number of ether oxygens (including phenoxy) is 1. The largest absolute Gasteiger partial charge is 0.370 e. The smallest absolute Gasteiger partial charge is 0.101 e. The Morgan fingerprint density at radius 3 is 2.62 bits per heavy atom. The number of morpholine rings is 1. The third kappa shape index (κ3) is 3.02. The highest BCUT2D eigenvalue weighted by Crippen LogP contribution is 2.30. The summed E-state index contributed by atoms with van der Waals surface area (Å²) in [5.41, 5.74) is 2.81. The lowest BCUT2D eigenvalue weighted by molar-refractivity contribution is 0.0399. The van der Waals surface area contributed by atoms with E-state index in [4.69, 9.17) is 21.6 Å². The lowest BCUT2D eigenvalue weighted by Crippen LogP contribution is -2.38. The van der Waals surface area contributed by atoms with Gasteiger partial charge in [-0.3, -0.25) is 0 Å². The molecule has 0 radical (unpaired) electrons. The monoisotopic (exact) mass is 298 g/mol. The molecule has 2 aromatic carbocycles. The molecule has 1 aliphatic heterocycles. The average molecular weight is 299 g/mol. The topological polar surface area (TPSA) is 36.3 Å². The fourth-order valence-corrected chi connectivity index (χ4v) is 2.81. The van der Waals surface area contributed by atoms with Crippen molar-refractivity contribution in [1.29, 1.82) is 5.26 Å². The third-order valence-electron chi connectivity index (χ3n) is 3.68. The summed E-state index contributed by atoms with van der Waals surface area (Å²) in [6.07, 6.45) is -0.0249. The molecule has 0 amide bonds. The lowest BCUT2D eigenvalue weighted by atomic mass is 10.1. The second-order valence-corrected chi connectivity index (χ2v) is 5.39. The third-order valence-corrected chi connectivity index (χ3v) is 4.02. The molecule has 1 fully saturated rings. The molecule has 1 aliphatic rings. The second-order valence-electron chi connectivity index (χ2n) is 4.99. The van der Waals surface area contributed by atoms with E-state index in [0.29, 0.717) is 12.2 Å². The van der Waals surface area contributed by atoms with Gasteiger partial charge < -0.3 is 9.64 Å². The van der Waals surface area contributed by atoms with Gasteiger partial charge in [0.1, 0.15) is 6.10 Å². The van der Waals surface area contributed by atoms with Gasteiger partial charge in [0, 0.05) is 29.4 Å². The van der Waals surface area contributed by atoms with E-state index in [2.05, 4.69) is 11.0 Å². The molecule has 21 heavy (non-hydrogen) atoms. The van der Waals surface area contributed by atoms with Gasteiger partial charge in [0.2, 0.25) is 0 Å². The van der Waals surface area contributed by atoms with Gasteiger partial charge >= 0.3 is 0 Å². The van der Waals surface area contributed by atoms with E-state index in [1.54, 1.807) is 0 Å². The Labute approximate surface area is 129 Å². The van der Waals surface area contributed by atoms with Crippen LogP contribution in [-0.4, -0.2) is 19.7 Å². The summed E-state index contributed by atoms with van der Waals surface area (Å²) in [5.74, 6) is 0. The van der Waals surface area contributed by atoms with Gasteiger partial charge in [-0.15, -0.1) is 0 Å². The Hall–Kier alpha value is -2.02. The molecule has 2 aromatic rings. The van der Waals surface area contributed by atoms with Crippen molar-refractivity contribution >= 4 is 17.3 Å². The van der Waals surface area contributed by atoms with E-state index in [-0.39, 0.29) is 6.10 Å². The summed E-state index contributed by atoms with van der Waals surface area (Å²) >= 11 is 6.26. The number of halogens is 1. The zero-order chi connectivity index (χ0) is 14.7. The number of benzene rings is 2. The first kappa shape index (κ1) is 13.9. The van der Waals surface area contributed by atoms with Crippen LogP contribution in [0.2, 0.25) is 5.02 Å². The molecule has 1 atom stereocenters. The zero-order valence-corrected chi connectivity index (χ0v) is 12.3. The highest BCUT2D eigenvalue weighted by atomic mass is 35.5. The number of hydrogen-bond acceptors (Lipinski definition) is 3. The van der Waals surface area contributed by atoms with Crippen LogP contribution in [0.25, 0.3) is 0 Å². The summed E-state index contributed by atoms with van der Waals surface area (Å²) in [7, 11) is 0. The predicted molar refractivity (Wildman–Crippen MR) is 83.5 cm³/mol. The van der Waals surface area contributed by atoms with Crippen molar-refractivity contribution in [1.82, 2.24) is 0 Å². The van der Waals surface area contributed by atoms with E-state index >= 15 is 0 Å². The molecular weight excluding hydrogens is 284 g/mol. The summed E-state index contributed by atoms with van der Waals surface area (Å²) in [5, 5.41) is 9.60. The fraction of sp³-hybridized carbons (Fsp3) is 0.235. The molecule has 106 valence electrons. The van der Waals surface area contributed by atoms with Crippen LogP contribution >= 0.6 is 11.6 Å². The van der Waals surface area contributed by atoms with Crippen LogP contribution in [0.4, 0.5) is 5.69 Å². The first-order chi connectivity index (χ1) is 10.3. The zero-order valence-electron chi connectivity index (χ0n) is 11.5. The molecule has 4 heteroatoms. The summed E-state index contributed by atoms with van der Waals surface area (Å²) in [6.45, 7) is 2.26. The maximum Gasteiger partial charge on any atom is 0.101 e. The first-order valence-corrected chi connectivity index (χ1v) is 7.27. The number of anilines is 1. The van der Waals surface area contributed by atoms with Crippen molar-refractivity contribution < 1.29 is 4.74 Å². The first-order valence-electron chi connectivity index (χ1n) is 6.89. The van der Waals surface area contributed by atoms with Gasteiger partial charge in [0.15, 0.2) is 0 Å². The van der Waals surface area contributed by atoms with E-state index < -0.39 is 0 Å². The Morgan fingerprint density at radius 2 is 1.90 bits per heavy atom. The minimum absolute atomic E-state index is 0.0249. The Morgan fingerprint density at radius 1 is 1.14 bits per heavy atom. The Kier molecular flexibility index (Phi) is 4.10. The van der Waals surface area contributed by atoms with Crippen LogP contribution in [-0.2, 0) is 4.74 Å². The van der Waals surface area contributed by atoms with Crippen LogP contribution in [0.3, 0.4) is 0 Å². The van der Waals surface area contributed by atoms with Gasteiger partial charge in [-0.05, 0) is 30.3 Å². The van der Waals surface area contributed by atoms with Gasteiger partial charge in [-0.25, -0.2) is 0 Å². The predicted octanol–water partition coefficient (Wildman–Crippen LogP) is 3.79. The Bertz CT molecular complexity index is 663. The lowest BCUT2D eigenvalue weighted by Gasteiger charge is -2.35. The number of nitrogens with zero attached hydrogens (tertiary/aromatic N) is 2. The highest BCUT2D eigenvalue weighted by molar-refractivity contribution is 6.31. The van der Waals surface area contributed by atoms with E-state index in [1.165, 1.54) is 0 Å². The van der Waals surface area contributed by atoms with E-state index in [9.17, 15) is 0 Å². The van der Waals surface area contributed by atoms with Crippen molar-refractivity contribution in [2.75, 3.05) is 24.6 Å². The maximum atomic E-state index is 8.86. The van der Waals surface area contributed by atoms with Gasteiger partial charge in [0.05, 0.1) is 18.2 Å². The second kappa shape index (κ2) is 6.17. The molecule has 1 heterocycles. The molecule has 0 spiro atoms. The molecule has 0 saturated carbocycles. The van der Waals surface area contributed by atoms with Crippen LogP contribution in [0.5, 0.6) is 0 Å². The standard InChI is InChI=1S/C17H15ClN2O/c18-16-4-2-1-3-15(16)17-12-20(9-10-21-17)14-7-5-13(11-19)6-8-14/h1-8,17H,9-10,12H2. The van der Waals surface area contributed by atoms with Crippen LogP contribution in [0.1, 0.15) is 17.2 Å². The molecule has 0 N–H and O–H groups in total. The number of hydrogen-bond donors (Lipinski definition) is 0. The van der Waals surface area contributed by atoms with Crippen LogP contribution in [0.15, 0.2) is 48.5 Å². The quantitative estimate of drug-likeness (QED) is 0.846. The van der Waals surface area contributed by atoms with Gasteiger partial charge in [-0.2, -0.15) is 5.26 Å². The summed E-state index contributed by atoms with van der Waals surface area (Å²) < 4.78 is 5.86. The SMILES string of the molecule is N#Cc1ccc(N2CCOC(c3ccccc3Cl)C2)cc1. The minimum atomic E-state index is -0.0249. The molecular formula is C17H15ClN2O. The van der Waals surface area contributed by atoms with Crippen molar-refractivity contribution in [2.45, 2.75) is 6.10 Å². The molecule has 0 aliphatic carbocycles. The highest BCUT2D eigenvalue weighted by Gasteiger charge is 2.23. The maximum absolute atomic E-state index is 8.86. The molecule has 0 bridgehead atoms. The van der Waals surface area contributed by atoms with E-state index in [0.717, 1.165) is 29.4 Å². The average Bonchev–Trinajstić information content (AvgIpc) is 2.55. The molecule has 1 saturated heterocycles. The number of rotatable bonds is 2. The van der Waals surface area contributed by atoms with Crippen molar-refractivity contribution in [3.8, 4) is 6.07 Å². The van der Waals surface area contributed by atoms with Crippen molar-refractivity contribution in [2.24, 2.45) is 0 Å². The summed E-state index contributed by atoms with van der Waals surface area (Å²) in [4.78, 5) is 2.26. The van der Waals surface area contributed by atoms with Crippen molar-refractivity contribution in [3.05, 3.63) is 64.7 Å². The minimum Gasteiger partial charge on any atom is -0.370 e. The van der Waals surface area contributed by atoms with Crippen LogP contribution < -0.4 is 4.90 Å². The normalized spacial score (nSPS) is 18.3. The molecule has 3 rings (SSSR count). The fourth-order valence-electron chi connectivity index (χ4n) is 2.55. The molecule has 0 aromatic heterocycles. The van der Waals surface area contributed by atoms with E-state index in [1.807, 2.05) is 48.5 Å². The Balaban J connectivity index is 1.79. The summed E-state index contributed by atoms with van der Waals surface area (Å²) in [6, 6.07) is 17.6. The number of nitriles is 1. The van der Waals surface area contributed by atoms with Crippen molar-refractivity contribution in [3.63, 3.8) is 0 Å².